The van der Waals surface area contributed by atoms with E-state index in [0.717, 1.165) is 17.7 Å². The third-order valence-corrected chi connectivity index (χ3v) is 5.05. The van der Waals surface area contributed by atoms with Crippen molar-refractivity contribution in [2.24, 2.45) is 23.7 Å². The number of carbonyl (C=O) groups excluding carboxylic acids is 2. The number of amides is 2. The third kappa shape index (κ3) is 2.21. The van der Waals surface area contributed by atoms with Crippen molar-refractivity contribution >= 4 is 29.2 Å². The van der Waals surface area contributed by atoms with Crippen LogP contribution in [0.25, 0.3) is 0 Å². The zero-order valence-electron chi connectivity index (χ0n) is 12.3. The summed E-state index contributed by atoms with van der Waals surface area (Å²) in [5, 5.41) is 15.0. The maximum atomic E-state index is 12.6. The molecule has 6 heteroatoms. The highest BCUT2D eigenvalue weighted by Gasteiger charge is 2.51. The molecule has 4 atom stereocenters. The summed E-state index contributed by atoms with van der Waals surface area (Å²) in [6.45, 7) is 0. The van der Waals surface area contributed by atoms with Gasteiger partial charge in [0.25, 0.3) is 0 Å². The fourth-order valence-corrected chi connectivity index (χ4v) is 4.05. The smallest absolute Gasteiger partial charge is 0.307 e. The van der Waals surface area contributed by atoms with Gasteiger partial charge in [-0.3, -0.25) is 14.4 Å². The van der Waals surface area contributed by atoms with E-state index in [1.807, 2.05) is 12.2 Å². The number of hydrogen-bond acceptors (Lipinski definition) is 3. The summed E-state index contributed by atoms with van der Waals surface area (Å²) in [6.07, 6.45) is 4.91. The summed E-state index contributed by atoms with van der Waals surface area (Å²) in [6, 6.07) is 5.25. The predicted octanol–water partition coefficient (Wildman–Crippen LogP) is 1.64. The maximum absolute atomic E-state index is 12.6. The van der Waals surface area contributed by atoms with Crippen LogP contribution >= 0.6 is 0 Å². The highest BCUT2D eigenvalue weighted by Crippen LogP contribution is 2.48. The molecule has 2 amide bonds. The van der Waals surface area contributed by atoms with Crippen molar-refractivity contribution in [3.63, 3.8) is 0 Å². The molecule has 3 N–H and O–H groups in total. The van der Waals surface area contributed by atoms with E-state index in [9.17, 15) is 19.5 Å². The molecule has 2 bridgehead atoms. The topological polar surface area (TPSA) is 95.5 Å². The molecule has 0 radical (unpaired) electrons. The number of rotatable bonds is 3. The zero-order chi connectivity index (χ0) is 16.1. The summed E-state index contributed by atoms with van der Waals surface area (Å²) in [5.74, 6) is -2.46. The van der Waals surface area contributed by atoms with E-state index in [-0.39, 0.29) is 23.7 Å². The first-order chi connectivity index (χ1) is 11.0. The Balaban J connectivity index is 1.54. The first-order valence-corrected chi connectivity index (χ1v) is 7.67. The Hall–Kier alpha value is -2.63. The van der Waals surface area contributed by atoms with Crippen molar-refractivity contribution in [1.82, 2.24) is 0 Å². The van der Waals surface area contributed by atoms with E-state index in [1.165, 1.54) is 0 Å². The molecule has 118 valence electrons. The molecule has 1 fully saturated rings. The average molecular weight is 312 g/mol. The second kappa shape index (κ2) is 4.94. The van der Waals surface area contributed by atoms with Gasteiger partial charge in [-0.2, -0.15) is 0 Å². The largest absolute Gasteiger partial charge is 0.481 e. The number of allylic oxidation sites excluding steroid dienone is 2. The van der Waals surface area contributed by atoms with E-state index in [2.05, 4.69) is 10.6 Å². The van der Waals surface area contributed by atoms with E-state index in [1.54, 1.807) is 18.2 Å². The standard InChI is InChI=1S/C17H16N2O4/c20-13-7-10-6-11(3-4-12(10)19-13)18-16(21)14-8-1-2-9(5-8)15(14)17(22)23/h1-4,6,8-9,14-15H,5,7H2,(H,18,21)(H,19,20)(H,22,23). The van der Waals surface area contributed by atoms with Gasteiger partial charge in [-0.15, -0.1) is 0 Å². The molecule has 0 aromatic heterocycles. The lowest BCUT2D eigenvalue weighted by Crippen LogP contribution is -2.36. The van der Waals surface area contributed by atoms with Gasteiger partial charge in [-0.1, -0.05) is 12.2 Å². The number of fused-ring (bicyclic) bond motifs is 3. The molecule has 1 heterocycles. The molecule has 0 spiro atoms. The molecular formula is C17H16N2O4. The summed E-state index contributed by atoms with van der Waals surface area (Å²) >= 11 is 0. The number of hydrogen-bond donors (Lipinski definition) is 3. The predicted molar refractivity (Wildman–Crippen MR) is 82.8 cm³/mol. The van der Waals surface area contributed by atoms with Crippen molar-refractivity contribution in [1.29, 1.82) is 0 Å². The van der Waals surface area contributed by atoms with Crippen LogP contribution in [0.15, 0.2) is 30.4 Å². The van der Waals surface area contributed by atoms with Gasteiger partial charge in [-0.25, -0.2) is 0 Å². The lowest BCUT2D eigenvalue weighted by Gasteiger charge is -2.24. The van der Waals surface area contributed by atoms with E-state index < -0.39 is 17.8 Å². The molecule has 1 saturated carbocycles. The number of benzene rings is 1. The SMILES string of the molecule is O=C1Cc2cc(NC(=O)C3C4C=CC(C4)C3C(=O)O)ccc2N1. The highest BCUT2D eigenvalue weighted by molar-refractivity contribution is 6.01. The van der Waals surface area contributed by atoms with Crippen LogP contribution in [0.4, 0.5) is 11.4 Å². The molecule has 3 aliphatic rings. The second-order valence-corrected chi connectivity index (χ2v) is 6.42. The van der Waals surface area contributed by atoms with Gasteiger partial charge >= 0.3 is 5.97 Å². The van der Waals surface area contributed by atoms with Crippen molar-refractivity contribution in [3.05, 3.63) is 35.9 Å². The van der Waals surface area contributed by atoms with Crippen LogP contribution in [0.5, 0.6) is 0 Å². The number of nitrogens with one attached hydrogen (secondary N) is 2. The van der Waals surface area contributed by atoms with Crippen LogP contribution in [0, 0.1) is 23.7 Å². The molecule has 4 unspecified atom stereocenters. The Labute approximate surface area is 132 Å². The van der Waals surface area contributed by atoms with Gasteiger partial charge < -0.3 is 15.7 Å². The Morgan fingerprint density at radius 2 is 1.91 bits per heavy atom. The van der Waals surface area contributed by atoms with Gasteiger partial charge in [-0.05, 0) is 42.0 Å². The lowest BCUT2D eigenvalue weighted by atomic mass is 9.82. The molecule has 1 aromatic carbocycles. The van der Waals surface area contributed by atoms with E-state index in [4.69, 9.17) is 0 Å². The molecule has 4 rings (SSSR count). The fraction of sp³-hybridized carbons (Fsp3) is 0.353. The van der Waals surface area contributed by atoms with Crippen LogP contribution in [-0.4, -0.2) is 22.9 Å². The van der Waals surface area contributed by atoms with Gasteiger partial charge in [0.05, 0.1) is 18.3 Å². The maximum Gasteiger partial charge on any atom is 0.307 e. The van der Waals surface area contributed by atoms with Crippen molar-refractivity contribution < 1.29 is 19.5 Å². The summed E-state index contributed by atoms with van der Waals surface area (Å²) in [4.78, 5) is 35.5. The molecule has 1 aliphatic heterocycles. The summed E-state index contributed by atoms with van der Waals surface area (Å²) < 4.78 is 0. The zero-order valence-corrected chi connectivity index (χ0v) is 12.3. The number of aliphatic carboxylic acids is 1. The van der Waals surface area contributed by atoms with Crippen LogP contribution in [0.2, 0.25) is 0 Å². The first-order valence-electron chi connectivity index (χ1n) is 7.67. The average Bonchev–Trinajstić information content (AvgIpc) is 3.18. The highest BCUT2D eigenvalue weighted by atomic mass is 16.4. The van der Waals surface area contributed by atoms with Gasteiger partial charge in [0.1, 0.15) is 0 Å². The van der Waals surface area contributed by atoms with E-state index in [0.29, 0.717) is 12.1 Å². The van der Waals surface area contributed by atoms with Crippen LogP contribution in [0.1, 0.15) is 12.0 Å². The van der Waals surface area contributed by atoms with Crippen molar-refractivity contribution in [3.8, 4) is 0 Å². The molecule has 1 aromatic rings. The molecular weight excluding hydrogens is 296 g/mol. The minimum atomic E-state index is -0.911. The van der Waals surface area contributed by atoms with Gasteiger partial charge in [0.2, 0.25) is 11.8 Å². The van der Waals surface area contributed by atoms with E-state index >= 15 is 0 Å². The van der Waals surface area contributed by atoms with Gasteiger partial charge in [0.15, 0.2) is 0 Å². The Morgan fingerprint density at radius 1 is 1.17 bits per heavy atom. The first kappa shape index (κ1) is 14.0. The number of carboxylic acid groups (broad SMARTS) is 1. The summed E-state index contributed by atoms with van der Waals surface area (Å²) in [5.41, 5.74) is 2.20. The number of anilines is 2. The summed E-state index contributed by atoms with van der Waals surface area (Å²) in [7, 11) is 0. The molecule has 0 saturated heterocycles. The molecule has 6 nitrogen and oxygen atoms in total. The monoisotopic (exact) mass is 312 g/mol. The van der Waals surface area contributed by atoms with Crippen LogP contribution in [0.3, 0.4) is 0 Å². The molecule has 23 heavy (non-hydrogen) atoms. The molecule has 2 aliphatic carbocycles. The van der Waals surface area contributed by atoms with Crippen LogP contribution in [-0.2, 0) is 20.8 Å². The minimum absolute atomic E-state index is 0.00114. The third-order valence-electron chi connectivity index (χ3n) is 5.05. The lowest BCUT2D eigenvalue weighted by molar-refractivity contribution is -0.146. The number of carbonyl (C=O) groups is 3. The second-order valence-electron chi connectivity index (χ2n) is 6.42. The van der Waals surface area contributed by atoms with Crippen molar-refractivity contribution in [2.75, 3.05) is 10.6 Å². The Bertz CT molecular complexity index is 755. The fourth-order valence-electron chi connectivity index (χ4n) is 4.05. The quantitative estimate of drug-likeness (QED) is 0.739. The van der Waals surface area contributed by atoms with Crippen LogP contribution < -0.4 is 10.6 Å². The Morgan fingerprint density at radius 3 is 2.65 bits per heavy atom. The Kier molecular flexibility index (Phi) is 3.01. The number of carboxylic acids is 1. The minimum Gasteiger partial charge on any atom is -0.481 e. The van der Waals surface area contributed by atoms with Crippen molar-refractivity contribution in [2.45, 2.75) is 12.8 Å². The van der Waals surface area contributed by atoms with Gasteiger partial charge in [0, 0.05) is 11.4 Å². The normalized spacial score (nSPS) is 30.2.